The summed E-state index contributed by atoms with van der Waals surface area (Å²) in [6.07, 6.45) is 0. The summed E-state index contributed by atoms with van der Waals surface area (Å²) in [7, 11) is -3.67. The SMILES string of the molecule is Cc1ccc(Nc2ccc(NS(=O)(=O)c3ccccc3)nn2)cc1C. The monoisotopic (exact) mass is 354 g/mol. The summed E-state index contributed by atoms with van der Waals surface area (Å²) >= 11 is 0. The van der Waals surface area contributed by atoms with Gasteiger partial charge in [0, 0.05) is 5.69 Å². The van der Waals surface area contributed by atoms with Crippen LogP contribution in [0.5, 0.6) is 0 Å². The van der Waals surface area contributed by atoms with Gasteiger partial charge in [-0.05, 0) is 61.4 Å². The standard InChI is InChI=1S/C18H18N4O2S/c1-13-8-9-15(12-14(13)2)19-17-10-11-18(21-20-17)22-25(23,24)16-6-4-3-5-7-16/h3-12H,1-2H3,(H,19,20)(H,21,22). The molecule has 2 N–H and O–H groups in total. The summed E-state index contributed by atoms with van der Waals surface area (Å²) < 4.78 is 26.9. The number of hydrogen-bond donors (Lipinski definition) is 2. The van der Waals surface area contributed by atoms with Gasteiger partial charge in [0.1, 0.15) is 0 Å². The number of sulfonamides is 1. The van der Waals surface area contributed by atoms with Crippen molar-refractivity contribution >= 4 is 27.3 Å². The van der Waals surface area contributed by atoms with E-state index in [4.69, 9.17) is 0 Å². The van der Waals surface area contributed by atoms with Crippen LogP contribution in [0.15, 0.2) is 65.6 Å². The number of anilines is 3. The van der Waals surface area contributed by atoms with E-state index in [1.165, 1.54) is 23.3 Å². The molecule has 1 heterocycles. The van der Waals surface area contributed by atoms with Crippen molar-refractivity contribution in [2.24, 2.45) is 0 Å². The number of aryl methyl sites for hydroxylation is 2. The lowest BCUT2D eigenvalue weighted by Crippen LogP contribution is -2.14. The Morgan fingerprint density at radius 2 is 1.48 bits per heavy atom. The van der Waals surface area contributed by atoms with Gasteiger partial charge in [0.15, 0.2) is 11.6 Å². The predicted molar refractivity (Wildman–Crippen MR) is 98.5 cm³/mol. The number of aromatic nitrogens is 2. The molecule has 0 unspecified atom stereocenters. The highest BCUT2D eigenvalue weighted by atomic mass is 32.2. The number of benzene rings is 2. The fourth-order valence-corrected chi connectivity index (χ4v) is 3.23. The smallest absolute Gasteiger partial charge is 0.263 e. The molecule has 0 saturated carbocycles. The van der Waals surface area contributed by atoms with Crippen molar-refractivity contribution in [3.05, 3.63) is 71.8 Å². The third kappa shape index (κ3) is 4.13. The second-order valence-corrected chi connectivity index (χ2v) is 7.33. The average Bonchev–Trinajstić information content (AvgIpc) is 2.60. The molecule has 6 nitrogen and oxygen atoms in total. The predicted octanol–water partition coefficient (Wildman–Crippen LogP) is 3.64. The van der Waals surface area contributed by atoms with Gasteiger partial charge in [-0.15, -0.1) is 10.2 Å². The third-order valence-electron chi connectivity index (χ3n) is 3.74. The van der Waals surface area contributed by atoms with E-state index in [0.29, 0.717) is 5.82 Å². The van der Waals surface area contributed by atoms with Gasteiger partial charge in [-0.1, -0.05) is 24.3 Å². The second kappa shape index (κ2) is 6.90. The second-order valence-electron chi connectivity index (χ2n) is 5.65. The molecule has 0 radical (unpaired) electrons. The van der Waals surface area contributed by atoms with Gasteiger partial charge >= 0.3 is 0 Å². The fourth-order valence-electron chi connectivity index (χ4n) is 2.22. The minimum atomic E-state index is -3.67. The van der Waals surface area contributed by atoms with E-state index in [1.807, 2.05) is 32.0 Å². The Kier molecular flexibility index (Phi) is 4.67. The molecule has 0 saturated heterocycles. The van der Waals surface area contributed by atoms with Crippen molar-refractivity contribution in [3.63, 3.8) is 0 Å². The molecule has 25 heavy (non-hydrogen) atoms. The van der Waals surface area contributed by atoms with Crippen LogP contribution in [0.25, 0.3) is 0 Å². The first kappa shape index (κ1) is 16.9. The first-order chi connectivity index (χ1) is 11.9. The molecule has 0 fully saturated rings. The highest BCUT2D eigenvalue weighted by molar-refractivity contribution is 7.92. The van der Waals surface area contributed by atoms with Gasteiger partial charge in [-0.25, -0.2) is 8.42 Å². The van der Waals surface area contributed by atoms with Crippen molar-refractivity contribution in [1.29, 1.82) is 0 Å². The van der Waals surface area contributed by atoms with Crippen molar-refractivity contribution in [2.75, 3.05) is 10.0 Å². The minimum Gasteiger partial charge on any atom is -0.339 e. The molecule has 0 aliphatic heterocycles. The summed E-state index contributed by atoms with van der Waals surface area (Å²) in [5, 5.41) is 11.1. The molecule has 2 aromatic carbocycles. The molecule has 7 heteroatoms. The number of nitrogens with zero attached hydrogens (tertiary/aromatic N) is 2. The van der Waals surface area contributed by atoms with Crippen molar-refractivity contribution in [1.82, 2.24) is 10.2 Å². The fraction of sp³-hybridized carbons (Fsp3) is 0.111. The van der Waals surface area contributed by atoms with Crippen molar-refractivity contribution < 1.29 is 8.42 Å². The Hall–Kier alpha value is -2.93. The molecule has 1 aromatic heterocycles. The largest absolute Gasteiger partial charge is 0.339 e. The number of nitrogens with one attached hydrogen (secondary N) is 2. The molecular weight excluding hydrogens is 336 g/mol. The lowest BCUT2D eigenvalue weighted by atomic mass is 10.1. The minimum absolute atomic E-state index is 0.162. The van der Waals surface area contributed by atoms with E-state index in [2.05, 4.69) is 20.2 Å². The van der Waals surface area contributed by atoms with Gasteiger partial charge in [0.25, 0.3) is 10.0 Å². The molecule has 0 aliphatic rings. The first-order valence-corrected chi connectivity index (χ1v) is 9.18. The quantitative estimate of drug-likeness (QED) is 0.731. The van der Waals surface area contributed by atoms with Crippen LogP contribution in [-0.4, -0.2) is 18.6 Å². The third-order valence-corrected chi connectivity index (χ3v) is 5.11. The Morgan fingerprint density at radius 1 is 0.800 bits per heavy atom. The summed E-state index contributed by atoms with van der Waals surface area (Å²) in [4.78, 5) is 0.175. The van der Waals surface area contributed by atoms with Crippen LogP contribution in [0.3, 0.4) is 0 Å². The van der Waals surface area contributed by atoms with E-state index >= 15 is 0 Å². The lowest BCUT2D eigenvalue weighted by Gasteiger charge is -2.09. The van der Waals surface area contributed by atoms with Crippen LogP contribution in [0.1, 0.15) is 11.1 Å². The van der Waals surface area contributed by atoms with Crippen LogP contribution < -0.4 is 10.0 Å². The van der Waals surface area contributed by atoms with E-state index < -0.39 is 10.0 Å². The lowest BCUT2D eigenvalue weighted by molar-refractivity contribution is 0.601. The Labute approximate surface area is 147 Å². The van der Waals surface area contributed by atoms with Crippen LogP contribution in [-0.2, 0) is 10.0 Å². The maximum atomic E-state index is 12.3. The van der Waals surface area contributed by atoms with E-state index in [0.717, 1.165) is 5.69 Å². The zero-order valence-electron chi connectivity index (χ0n) is 13.9. The van der Waals surface area contributed by atoms with Crippen LogP contribution in [0.4, 0.5) is 17.3 Å². The summed E-state index contributed by atoms with van der Waals surface area (Å²) in [5.41, 5.74) is 3.28. The topological polar surface area (TPSA) is 84.0 Å². The highest BCUT2D eigenvalue weighted by Crippen LogP contribution is 2.19. The van der Waals surface area contributed by atoms with Crippen LogP contribution in [0.2, 0.25) is 0 Å². The molecule has 3 aromatic rings. The Morgan fingerprint density at radius 3 is 2.12 bits per heavy atom. The van der Waals surface area contributed by atoms with Gasteiger partial charge in [0.2, 0.25) is 0 Å². The summed E-state index contributed by atoms with van der Waals surface area (Å²) in [6.45, 7) is 4.08. The van der Waals surface area contributed by atoms with E-state index in [-0.39, 0.29) is 10.7 Å². The van der Waals surface area contributed by atoms with Gasteiger partial charge < -0.3 is 5.32 Å². The molecule has 128 valence electrons. The Bertz CT molecular complexity index is 972. The number of rotatable bonds is 5. The van der Waals surface area contributed by atoms with Crippen molar-refractivity contribution in [3.8, 4) is 0 Å². The van der Waals surface area contributed by atoms with Crippen molar-refractivity contribution in [2.45, 2.75) is 18.7 Å². The van der Waals surface area contributed by atoms with Gasteiger partial charge in [-0.2, -0.15) is 0 Å². The molecule has 0 amide bonds. The van der Waals surface area contributed by atoms with E-state index in [1.54, 1.807) is 30.3 Å². The van der Waals surface area contributed by atoms with Crippen LogP contribution in [0, 0.1) is 13.8 Å². The first-order valence-electron chi connectivity index (χ1n) is 7.70. The van der Waals surface area contributed by atoms with Gasteiger partial charge in [-0.3, -0.25) is 4.72 Å². The van der Waals surface area contributed by atoms with E-state index in [9.17, 15) is 8.42 Å². The molecular formula is C18H18N4O2S. The van der Waals surface area contributed by atoms with Gasteiger partial charge in [0.05, 0.1) is 4.90 Å². The molecule has 3 rings (SSSR count). The summed E-state index contributed by atoms with van der Waals surface area (Å²) in [5.74, 6) is 0.695. The number of hydrogen-bond acceptors (Lipinski definition) is 5. The summed E-state index contributed by atoms with van der Waals surface area (Å²) in [6, 6.07) is 17.4. The average molecular weight is 354 g/mol. The highest BCUT2D eigenvalue weighted by Gasteiger charge is 2.14. The maximum Gasteiger partial charge on any atom is 0.263 e. The zero-order valence-corrected chi connectivity index (χ0v) is 14.7. The molecule has 0 atom stereocenters. The normalized spacial score (nSPS) is 11.1. The molecule has 0 spiro atoms. The molecule has 0 bridgehead atoms. The zero-order chi connectivity index (χ0) is 17.9. The molecule has 0 aliphatic carbocycles. The van der Waals surface area contributed by atoms with Crippen LogP contribution >= 0.6 is 0 Å². The maximum absolute atomic E-state index is 12.3. The Balaban J connectivity index is 1.73.